The average molecular weight is 405 g/mol. The zero-order chi connectivity index (χ0) is 20.5. The number of carbonyl (C=O) groups excluding carboxylic acids is 1. The fraction of sp³-hybridized carbons (Fsp3) is 0.409. The van der Waals surface area contributed by atoms with Crippen LogP contribution in [0, 0.1) is 5.92 Å². The third kappa shape index (κ3) is 6.34. The van der Waals surface area contributed by atoms with Crippen LogP contribution in [0.15, 0.2) is 36.4 Å². The number of carbonyl (C=O) groups is 1. The Morgan fingerprint density at radius 2 is 1.68 bits per heavy atom. The highest BCUT2D eigenvalue weighted by Gasteiger charge is 2.11. The smallest absolute Gasteiger partial charge is 0.226 e. The first-order chi connectivity index (χ1) is 13.4. The third-order valence-electron chi connectivity index (χ3n) is 4.03. The molecule has 0 aromatic heterocycles. The zero-order valence-corrected chi connectivity index (χ0v) is 17.7. The van der Waals surface area contributed by atoms with Gasteiger partial charge >= 0.3 is 0 Å². The molecule has 0 saturated heterocycles. The van der Waals surface area contributed by atoms with Gasteiger partial charge in [-0.15, -0.1) is 0 Å². The van der Waals surface area contributed by atoms with Crippen molar-refractivity contribution in [2.45, 2.75) is 40.7 Å². The summed E-state index contributed by atoms with van der Waals surface area (Å²) in [7, 11) is 0. The number of anilines is 2. The maximum Gasteiger partial charge on any atom is 0.226 e. The van der Waals surface area contributed by atoms with Crippen molar-refractivity contribution in [3.63, 3.8) is 0 Å². The van der Waals surface area contributed by atoms with Gasteiger partial charge in [-0.25, -0.2) is 0 Å². The Hall–Kier alpha value is -2.40. The van der Waals surface area contributed by atoms with Crippen molar-refractivity contribution in [3.8, 4) is 11.5 Å². The van der Waals surface area contributed by atoms with E-state index in [-0.39, 0.29) is 11.8 Å². The highest BCUT2D eigenvalue weighted by Crippen LogP contribution is 2.34. The number of nitrogens with one attached hydrogen (secondary N) is 2. The van der Waals surface area contributed by atoms with Crippen LogP contribution in [0.5, 0.6) is 11.5 Å². The predicted molar refractivity (Wildman–Crippen MR) is 116 cm³/mol. The van der Waals surface area contributed by atoms with E-state index in [1.54, 1.807) is 0 Å². The van der Waals surface area contributed by atoms with Crippen molar-refractivity contribution >= 4 is 28.9 Å². The van der Waals surface area contributed by atoms with Crippen molar-refractivity contribution in [2.24, 2.45) is 5.92 Å². The predicted octanol–water partition coefficient (Wildman–Crippen LogP) is 5.73. The molecule has 0 aliphatic heterocycles. The van der Waals surface area contributed by atoms with Crippen LogP contribution in [0.2, 0.25) is 5.02 Å². The Morgan fingerprint density at radius 3 is 2.29 bits per heavy atom. The van der Waals surface area contributed by atoms with Gasteiger partial charge in [0, 0.05) is 34.9 Å². The molecule has 2 N–H and O–H groups in total. The lowest BCUT2D eigenvalue weighted by Crippen LogP contribution is -2.17. The van der Waals surface area contributed by atoms with Crippen LogP contribution >= 0.6 is 11.6 Å². The summed E-state index contributed by atoms with van der Waals surface area (Å²) < 4.78 is 11.4. The van der Waals surface area contributed by atoms with E-state index < -0.39 is 0 Å². The lowest BCUT2D eigenvalue weighted by Gasteiger charge is -2.15. The zero-order valence-electron chi connectivity index (χ0n) is 17.0. The third-order valence-corrected chi connectivity index (χ3v) is 4.39. The van der Waals surface area contributed by atoms with Crippen LogP contribution in [0.3, 0.4) is 0 Å². The van der Waals surface area contributed by atoms with Crippen molar-refractivity contribution in [3.05, 3.63) is 47.0 Å². The van der Waals surface area contributed by atoms with Gasteiger partial charge < -0.3 is 20.1 Å². The molecular formula is C22H29ClN2O3. The van der Waals surface area contributed by atoms with E-state index in [0.29, 0.717) is 36.3 Å². The normalized spacial score (nSPS) is 10.6. The molecule has 5 nitrogen and oxygen atoms in total. The molecule has 2 aromatic carbocycles. The number of rotatable bonds is 10. The summed E-state index contributed by atoms with van der Waals surface area (Å²) in [5.41, 5.74) is 2.63. The molecule has 2 aromatic rings. The van der Waals surface area contributed by atoms with Gasteiger partial charge in [-0.3, -0.25) is 4.79 Å². The van der Waals surface area contributed by atoms with Crippen LogP contribution in [-0.2, 0) is 11.3 Å². The number of halogens is 1. The van der Waals surface area contributed by atoms with E-state index in [0.717, 1.165) is 23.4 Å². The monoisotopic (exact) mass is 404 g/mol. The minimum absolute atomic E-state index is 0.00123. The van der Waals surface area contributed by atoms with Crippen molar-refractivity contribution in [1.82, 2.24) is 0 Å². The number of amides is 1. The van der Waals surface area contributed by atoms with Gasteiger partial charge in [0.2, 0.25) is 5.91 Å². The number of ether oxygens (including phenoxy) is 2. The molecule has 0 aliphatic carbocycles. The average Bonchev–Trinajstić information content (AvgIpc) is 2.68. The molecule has 1 amide bonds. The van der Waals surface area contributed by atoms with E-state index in [2.05, 4.69) is 17.6 Å². The lowest BCUT2D eigenvalue weighted by atomic mass is 10.1. The van der Waals surface area contributed by atoms with E-state index >= 15 is 0 Å². The lowest BCUT2D eigenvalue weighted by molar-refractivity contribution is -0.118. The highest BCUT2D eigenvalue weighted by molar-refractivity contribution is 6.31. The van der Waals surface area contributed by atoms with Crippen LogP contribution in [-0.4, -0.2) is 19.1 Å². The summed E-state index contributed by atoms with van der Waals surface area (Å²) in [6.45, 7) is 9.45. The van der Waals surface area contributed by atoms with Gasteiger partial charge in [0.15, 0.2) is 11.5 Å². The molecule has 0 fully saturated rings. The largest absolute Gasteiger partial charge is 0.490 e. The molecule has 0 saturated carbocycles. The van der Waals surface area contributed by atoms with E-state index in [1.165, 1.54) is 0 Å². The first-order valence-corrected chi connectivity index (χ1v) is 10.0. The Morgan fingerprint density at radius 1 is 1.04 bits per heavy atom. The van der Waals surface area contributed by atoms with Crippen LogP contribution in [0.25, 0.3) is 0 Å². The molecule has 28 heavy (non-hydrogen) atoms. The summed E-state index contributed by atoms with van der Waals surface area (Å²) in [5, 5.41) is 6.85. The number of hydrogen-bond acceptors (Lipinski definition) is 4. The van der Waals surface area contributed by atoms with Crippen molar-refractivity contribution < 1.29 is 14.3 Å². The second-order valence-electron chi connectivity index (χ2n) is 6.75. The fourth-order valence-corrected chi connectivity index (χ4v) is 2.68. The molecule has 0 heterocycles. The van der Waals surface area contributed by atoms with E-state index in [9.17, 15) is 4.79 Å². The molecular weight excluding hydrogens is 376 g/mol. The van der Waals surface area contributed by atoms with Gasteiger partial charge in [0.05, 0.1) is 13.2 Å². The molecule has 2 rings (SSSR count). The van der Waals surface area contributed by atoms with Crippen molar-refractivity contribution in [2.75, 3.05) is 23.8 Å². The molecule has 6 heteroatoms. The molecule has 0 radical (unpaired) electrons. The number of benzene rings is 2. The maximum absolute atomic E-state index is 11.8. The van der Waals surface area contributed by atoms with Crippen LogP contribution < -0.4 is 20.1 Å². The molecule has 0 atom stereocenters. The minimum Gasteiger partial charge on any atom is -0.490 e. The molecule has 0 spiro atoms. The minimum atomic E-state index is -0.0521. The van der Waals surface area contributed by atoms with Crippen LogP contribution in [0.4, 0.5) is 11.4 Å². The summed E-state index contributed by atoms with van der Waals surface area (Å²) in [4.78, 5) is 11.8. The van der Waals surface area contributed by atoms with E-state index in [4.69, 9.17) is 21.1 Å². The highest BCUT2D eigenvalue weighted by atomic mass is 35.5. The van der Waals surface area contributed by atoms with Crippen molar-refractivity contribution in [1.29, 1.82) is 0 Å². The van der Waals surface area contributed by atoms with Crippen LogP contribution in [0.1, 0.15) is 39.7 Å². The van der Waals surface area contributed by atoms with Gasteiger partial charge in [-0.1, -0.05) is 32.4 Å². The summed E-state index contributed by atoms with van der Waals surface area (Å²) in [5.74, 6) is 1.32. The quantitative estimate of drug-likeness (QED) is 0.530. The molecule has 0 bridgehead atoms. The summed E-state index contributed by atoms with van der Waals surface area (Å²) in [6, 6.07) is 11.3. The molecule has 0 unspecified atom stereocenters. The second kappa shape index (κ2) is 10.8. The Labute approximate surface area is 172 Å². The van der Waals surface area contributed by atoms with Gasteiger partial charge in [-0.2, -0.15) is 0 Å². The number of hydrogen-bond donors (Lipinski definition) is 2. The molecule has 152 valence electrons. The fourth-order valence-electron chi connectivity index (χ4n) is 2.46. The molecule has 0 aliphatic rings. The first-order valence-electron chi connectivity index (χ1n) is 9.67. The summed E-state index contributed by atoms with van der Waals surface area (Å²) >= 11 is 6.44. The maximum atomic E-state index is 11.8. The SMILES string of the molecule is CCCOc1cc(Cl)c(CNc2ccc(NC(=O)C(C)C)cc2)cc1OCC. The van der Waals surface area contributed by atoms with Gasteiger partial charge in [-0.05, 0) is 49.2 Å². The Balaban J connectivity index is 2.05. The Kier molecular flexibility index (Phi) is 8.45. The Bertz CT molecular complexity index is 776. The topological polar surface area (TPSA) is 59.6 Å². The standard InChI is InChI=1S/C22H29ClN2O3/c1-5-11-28-21-13-19(23)16(12-20(21)27-6-2)14-24-17-7-9-18(10-8-17)25-22(26)15(3)4/h7-10,12-13,15,24H,5-6,11,14H2,1-4H3,(H,25,26). The summed E-state index contributed by atoms with van der Waals surface area (Å²) in [6.07, 6.45) is 0.917. The van der Waals surface area contributed by atoms with Gasteiger partial charge in [0.25, 0.3) is 0 Å². The van der Waals surface area contributed by atoms with E-state index in [1.807, 2.05) is 57.2 Å². The second-order valence-corrected chi connectivity index (χ2v) is 7.15. The van der Waals surface area contributed by atoms with Gasteiger partial charge in [0.1, 0.15) is 0 Å². The first kappa shape index (κ1) is 21.9.